The van der Waals surface area contributed by atoms with Crippen LogP contribution in [0, 0.1) is 0 Å². The average molecular weight is 484 g/mol. The van der Waals surface area contributed by atoms with E-state index >= 15 is 0 Å². The van der Waals surface area contributed by atoms with Crippen molar-refractivity contribution in [1.29, 1.82) is 0 Å². The van der Waals surface area contributed by atoms with Gasteiger partial charge < -0.3 is 16.2 Å². The first-order valence-corrected chi connectivity index (χ1v) is 11.2. The number of hydrogen-bond donors (Lipinski definition) is 3. The van der Waals surface area contributed by atoms with Gasteiger partial charge in [-0.05, 0) is 29.0 Å². The first-order chi connectivity index (χ1) is 17.0. The molecule has 35 heavy (non-hydrogen) atoms. The van der Waals surface area contributed by atoms with Crippen LogP contribution in [-0.2, 0) is 0 Å². The summed E-state index contributed by atoms with van der Waals surface area (Å²) in [5.41, 5.74) is 6.30. The number of para-hydroxylation sites is 1. The van der Waals surface area contributed by atoms with E-state index < -0.39 is 11.8 Å². The number of fused-ring (bicyclic) bond motifs is 1. The smallest absolute Gasteiger partial charge is 0.269 e. The van der Waals surface area contributed by atoms with Crippen molar-refractivity contribution < 1.29 is 14.7 Å². The SMILES string of the molecule is NC(=O)c1c(N=Nc2cc3ccccc3c(C(=O)Nc3ccccc3)c2O)cnn1-c1nccs1. The summed E-state index contributed by atoms with van der Waals surface area (Å²) in [6.07, 6.45) is 2.90. The van der Waals surface area contributed by atoms with E-state index in [0.29, 0.717) is 21.6 Å². The average Bonchev–Trinajstić information content (AvgIpc) is 3.53. The number of carbonyl (C=O) groups is 2. The van der Waals surface area contributed by atoms with Gasteiger partial charge in [0.1, 0.15) is 11.4 Å². The Morgan fingerprint density at radius 2 is 1.77 bits per heavy atom. The molecular formula is C24H17N7O3S. The van der Waals surface area contributed by atoms with Crippen LogP contribution >= 0.6 is 11.3 Å². The molecule has 0 saturated carbocycles. The molecule has 5 aromatic rings. The number of azo groups is 1. The van der Waals surface area contributed by atoms with Crippen molar-refractivity contribution >= 4 is 51.0 Å². The van der Waals surface area contributed by atoms with E-state index in [-0.39, 0.29) is 28.4 Å². The Bertz CT molecular complexity index is 1580. The van der Waals surface area contributed by atoms with E-state index in [9.17, 15) is 14.7 Å². The molecule has 0 unspecified atom stereocenters. The molecular weight excluding hydrogens is 466 g/mol. The highest BCUT2D eigenvalue weighted by atomic mass is 32.1. The minimum absolute atomic E-state index is 0.00831. The molecule has 0 spiro atoms. The number of carbonyl (C=O) groups excluding carboxylic acids is 2. The maximum atomic E-state index is 13.1. The Morgan fingerprint density at radius 1 is 1.03 bits per heavy atom. The van der Waals surface area contributed by atoms with Crippen LogP contribution in [0.25, 0.3) is 15.9 Å². The zero-order valence-electron chi connectivity index (χ0n) is 18.0. The molecule has 0 fully saturated rings. The number of rotatable bonds is 6. The second-order valence-corrected chi connectivity index (χ2v) is 8.20. The fourth-order valence-corrected chi connectivity index (χ4v) is 4.16. The summed E-state index contributed by atoms with van der Waals surface area (Å²) in [5.74, 6) is -1.62. The number of aromatic nitrogens is 3. The molecule has 11 heteroatoms. The largest absolute Gasteiger partial charge is 0.505 e. The summed E-state index contributed by atoms with van der Waals surface area (Å²) < 4.78 is 1.28. The van der Waals surface area contributed by atoms with Gasteiger partial charge in [0.15, 0.2) is 11.4 Å². The number of phenolic OH excluding ortho intramolecular Hbond substituents is 1. The topological polar surface area (TPSA) is 148 Å². The zero-order chi connectivity index (χ0) is 24.4. The minimum atomic E-state index is -0.766. The lowest BCUT2D eigenvalue weighted by molar-refractivity contribution is 0.0991. The van der Waals surface area contributed by atoms with Gasteiger partial charge in [-0.15, -0.1) is 21.6 Å². The minimum Gasteiger partial charge on any atom is -0.505 e. The number of thiazole rings is 1. The molecule has 0 radical (unpaired) electrons. The Balaban J connectivity index is 1.58. The van der Waals surface area contributed by atoms with Crippen LogP contribution < -0.4 is 11.1 Å². The molecule has 4 N–H and O–H groups in total. The molecule has 5 rings (SSSR count). The van der Waals surface area contributed by atoms with Crippen LogP contribution in [0.2, 0.25) is 0 Å². The lowest BCUT2D eigenvalue weighted by atomic mass is 10.0. The number of phenols is 1. The number of anilines is 1. The van der Waals surface area contributed by atoms with Crippen molar-refractivity contribution in [3.8, 4) is 10.9 Å². The third kappa shape index (κ3) is 4.23. The first kappa shape index (κ1) is 21.9. The quantitative estimate of drug-likeness (QED) is 0.292. The van der Waals surface area contributed by atoms with Gasteiger partial charge in [0.05, 0.1) is 11.8 Å². The van der Waals surface area contributed by atoms with E-state index in [1.165, 1.54) is 22.2 Å². The maximum absolute atomic E-state index is 13.1. The number of primary amides is 1. The summed E-state index contributed by atoms with van der Waals surface area (Å²) >= 11 is 1.27. The number of nitrogens with two attached hydrogens (primary N) is 1. The highest BCUT2D eigenvalue weighted by Crippen LogP contribution is 2.38. The third-order valence-corrected chi connectivity index (χ3v) is 5.86. The number of amides is 2. The van der Waals surface area contributed by atoms with E-state index in [1.807, 2.05) is 12.1 Å². The summed E-state index contributed by atoms with van der Waals surface area (Å²) in [6.45, 7) is 0. The fourth-order valence-electron chi connectivity index (χ4n) is 3.56. The molecule has 10 nitrogen and oxygen atoms in total. The van der Waals surface area contributed by atoms with Crippen LogP contribution in [0.4, 0.5) is 17.1 Å². The van der Waals surface area contributed by atoms with Crippen molar-refractivity contribution in [2.75, 3.05) is 5.32 Å². The van der Waals surface area contributed by atoms with Gasteiger partial charge in [0.25, 0.3) is 11.8 Å². The molecule has 0 bridgehead atoms. The Kier molecular flexibility index (Phi) is 5.73. The van der Waals surface area contributed by atoms with Crippen molar-refractivity contribution in [3.63, 3.8) is 0 Å². The zero-order valence-corrected chi connectivity index (χ0v) is 18.8. The van der Waals surface area contributed by atoms with Gasteiger partial charge in [-0.25, -0.2) is 4.98 Å². The van der Waals surface area contributed by atoms with Crippen molar-refractivity contribution in [1.82, 2.24) is 14.8 Å². The first-order valence-electron chi connectivity index (χ1n) is 10.3. The second-order valence-electron chi connectivity index (χ2n) is 7.33. The van der Waals surface area contributed by atoms with Gasteiger partial charge in [-0.2, -0.15) is 9.78 Å². The van der Waals surface area contributed by atoms with Gasteiger partial charge in [-0.3, -0.25) is 9.59 Å². The van der Waals surface area contributed by atoms with Crippen LogP contribution in [0.15, 0.2) is 88.7 Å². The van der Waals surface area contributed by atoms with Crippen molar-refractivity contribution in [3.05, 3.63) is 89.7 Å². The van der Waals surface area contributed by atoms with E-state index in [2.05, 4.69) is 25.6 Å². The van der Waals surface area contributed by atoms with Gasteiger partial charge in [-0.1, -0.05) is 42.5 Å². The molecule has 0 atom stereocenters. The molecule has 2 aromatic heterocycles. The lowest BCUT2D eigenvalue weighted by Crippen LogP contribution is -2.16. The maximum Gasteiger partial charge on any atom is 0.269 e. The predicted octanol–water partition coefficient (Wildman–Crippen LogP) is 4.95. The Labute approximate surface area is 202 Å². The van der Waals surface area contributed by atoms with Gasteiger partial charge in [0.2, 0.25) is 5.13 Å². The Hall–Kier alpha value is -4.90. The van der Waals surface area contributed by atoms with Gasteiger partial charge in [0, 0.05) is 17.3 Å². The number of nitrogens with zero attached hydrogens (tertiary/aromatic N) is 5. The van der Waals surface area contributed by atoms with Crippen LogP contribution in [0.1, 0.15) is 20.8 Å². The molecule has 0 aliphatic rings. The van der Waals surface area contributed by atoms with E-state index in [4.69, 9.17) is 5.73 Å². The summed E-state index contributed by atoms with van der Waals surface area (Å²) in [4.78, 5) is 29.4. The second kappa shape index (κ2) is 9.15. The van der Waals surface area contributed by atoms with Crippen LogP contribution in [0.5, 0.6) is 5.75 Å². The van der Waals surface area contributed by atoms with Crippen LogP contribution in [-0.4, -0.2) is 31.7 Å². The van der Waals surface area contributed by atoms with E-state index in [0.717, 1.165) is 0 Å². The molecule has 0 saturated heterocycles. The number of hydrogen-bond acceptors (Lipinski definition) is 8. The monoisotopic (exact) mass is 483 g/mol. The van der Waals surface area contributed by atoms with Crippen molar-refractivity contribution in [2.45, 2.75) is 0 Å². The highest BCUT2D eigenvalue weighted by molar-refractivity contribution is 7.12. The van der Waals surface area contributed by atoms with Crippen LogP contribution in [0.3, 0.4) is 0 Å². The molecule has 3 aromatic carbocycles. The lowest BCUT2D eigenvalue weighted by Gasteiger charge is -2.12. The fraction of sp³-hybridized carbons (Fsp3) is 0. The summed E-state index contributed by atoms with van der Waals surface area (Å²) in [5, 5.41) is 29.6. The summed E-state index contributed by atoms with van der Waals surface area (Å²) in [7, 11) is 0. The van der Waals surface area contributed by atoms with Gasteiger partial charge >= 0.3 is 0 Å². The highest BCUT2D eigenvalue weighted by Gasteiger charge is 2.21. The Morgan fingerprint density at radius 3 is 2.51 bits per heavy atom. The number of benzene rings is 3. The molecule has 0 aliphatic heterocycles. The molecule has 0 aliphatic carbocycles. The molecule has 172 valence electrons. The van der Waals surface area contributed by atoms with E-state index in [1.54, 1.807) is 60.1 Å². The predicted molar refractivity (Wildman–Crippen MR) is 132 cm³/mol. The molecule has 2 amide bonds. The molecule has 2 heterocycles. The summed E-state index contributed by atoms with van der Waals surface area (Å²) in [6, 6.07) is 17.6. The third-order valence-electron chi connectivity index (χ3n) is 5.11. The normalized spacial score (nSPS) is 11.2. The van der Waals surface area contributed by atoms with Crippen molar-refractivity contribution in [2.24, 2.45) is 16.0 Å². The standard InChI is InChI=1S/C24H17N7O3S/c25-22(33)20-18(13-27-31(20)24-26-10-11-35-24)30-29-17-12-14-6-4-5-9-16(14)19(21(17)32)23(34)28-15-7-2-1-3-8-15/h1-13,32H,(H2,25,33)(H,28,34). The number of nitrogens with one attached hydrogen (secondary N) is 1. The number of aromatic hydroxyl groups is 1.